The Bertz CT molecular complexity index is 380. The SMILES string of the molecule is CCCCCCOC(=O)c1cccc(F)c1N. The monoisotopic (exact) mass is 239 g/mol. The van der Waals surface area contributed by atoms with Gasteiger partial charge in [-0.1, -0.05) is 32.3 Å². The minimum Gasteiger partial charge on any atom is -0.462 e. The Balaban J connectivity index is 2.44. The lowest BCUT2D eigenvalue weighted by molar-refractivity contribution is 0.0498. The topological polar surface area (TPSA) is 52.3 Å². The van der Waals surface area contributed by atoms with Gasteiger partial charge >= 0.3 is 5.97 Å². The average molecular weight is 239 g/mol. The highest BCUT2D eigenvalue weighted by atomic mass is 19.1. The van der Waals surface area contributed by atoms with Gasteiger partial charge in [0, 0.05) is 0 Å². The predicted molar refractivity (Wildman–Crippen MR) is 65.2 cm³/mol. The van der Waals surface area contributed by atoms with Gasteiger partial charge in [-0.2, -0.15) is 0 Å². The summed E-state index contributed by atoms with van der Waals surface area (Å²) >= 11 is 0. The molecule has 0 saturated carbocycles. The van der Waals surface area contributed by atoms with Crippen LogP contribution in [0.15, 0.2) is 18.2 Å². The number of ether oxygens (including phenoxy) is 1. The molecule has 1 aromatic carbocycles. The Kier molecular flexibility index (Phi) is 5.46. The molecule has 0 amide bonds. The highest BCUT2D eigenvalue weighted by Crippen LogP contribution is 2.16. The van der Waals surface area contributed by atoms with Crippen LogP contribution in [-0.4, -0.2) is 12.6 Å². The first-order chi connectivity index (χ1) is 8.16. The van der Waals surface area contributed by atoms with Crippen LogP contribution >= 0.6 is 0 Å². The van der Waals surface area contributed by atoms with E-state index in [1.807, 2.05) is 0 Å². The fraction of sp³-hybridized carbons (Fsp3) is 0.462. The number of nitrogen functional groups attached to an aromatic ring is 1. The molecule has 0 aliphatic heterocycles. The van der Waals surface area contributed by atoms with E-state index >= 15 is 0 Å². The van der Waals surface area contributed by atoms with Crippen LogP contribution in [0.4, 0.5) is 10.1 Å². The Morgan fingerprint density at radius 1 is 1.35 bits per heavy atom. The van der Waals surface area contributed by atoms with Crippen molar-refractivity contribution in [2.75, 3.05) is 12.3 Å². The number of hydrogen-bond donors (Lipinski definition) is 1. The smallest absolute Gasteiger partial charge is 0.340 e. The Labute approximate surface area is 101 Å². The quantitative estimate of drug-likeness (QED) is 0.471. The number of anilines is 1. The van der Waals surface area contributed by atoms with E-state index in [0.29, 0.717) is 6.61 Å². The van der Waals surface area contributed by atoms with E-state index in [2.05, 4.69) is 6.92 Å². The average Bonchev–Trinajstić information content (AvgIpc) is 2.32. The second kappa shape index (κ2) is 6.89. The molecule has 17 heavy (non-hydrogen) atoms. The zero-order valence-corrected chi connectivity index (χ0v) is 10.0. The first-order valence-corrected chi connectivity index (χ1v) is 5.88. The van der Waals surface area contributed by atoms with Crippen molar-refractivity contribution in [1.82, 2.24) is 0 Å². The minimum absolute atomic E-state index is 0.0977. The standard InChI is InChI=1S/C13H18FNO2/c1-2-3-4-5-9-17-13(16)10-7-6-8-11(14)12(10)15/h6-8H,2-5,9,15H2,1H3. The summed E-state index contributed by atoms with van der Waals surface area (Å²) in [5, 5.41) is 0. The van der Waals surface area contributed by atoms with E-state index in [1.165, 1.54) is 18.2 Å². The number of nitrogens with two attached hydrogens (primary N) is 1. The van der Waals surface area contributed by atoms with Crippen LogP contribution in [0.25, 0.3) is 0 Å². The van der Waals surface area contributed by atoms with Crippen molar-refractivity contribution < 1.29 is 13.9 Å². The number of benzene rings is 1. The maximum absolute atomic E-state index is 13.1. The molecule has 0 bridgehead atoms. The second-order valence-corrected chi connectivity index (χ2v) is 3.90. The van der Waals surface area contributed by atoms with E-state index in [9.17, 15) is 9.18 Å². The number of para-hydroxylation sites is 1. The molecular formula is C13H18FNO2. The van der Waals surface area contributed by atoms with Crippen LogP contribution in [0.2, 0.25) is 0 Å². The summed E-state index contributed by atoms with van der Waals surface area (Å²) in [5.74, 6) is -1.15. The molecule has 3 nitrogen and oxygen atoms in total. The second-order valence-electron chi connectivity index (χ2n) is 3.90. The molecule has 0 radical (unpaired) electrons. The summed E-state index contributed by atoms with van der Waals surface area (Å²) in [7, 11) is 0. The summed E-state index contributed by atoms with van der Waals surface area (Å²) < 4.78 is 18.1. The van der Waals surface area contributed by atoms with Gasteiger partial charge in [-0.3, -0.25) is 0 Å². The molecule has 0 aliphatic carbocycles. The zero-order chi connectivity index (χ0) is 12.7. The number of hydrogen-bond acceptors (Lipinski definition) is 3. The van der Waals surface area contributed by atoms with Crippen LogP contribution in [-0.2, 0) is 4.74 Å². The lowest BCUT2D eigenvalue weighted by Crippen LogP contribution is -2.10. The number of esters is 1. The number of carbonyl (C=O) groups excluding carboxylic acids is 1. The molecule has 0 atom stereocenters. The summed E-state index contributed by atoms with van der Waals surface area (Å²) in [6.07, 6.45) is 4.11. The maximum Gasteiger partial charge on any atom is 0.340 e. The Morgan fingerprint density at radius 2 is 2.12 bits per heavy atom. The summed E-state index contributed by atoms with van der Waals surface area (Å²) in [6.45, 7) is 2.47. The van der Waals surface area contributed by atoms with Crippen molar-refractivity contribution in [3.8, 4) is 0 Å². The van der Waals surface area contributed by atoms with Crippen molar-refractivity contribution in [3.63, 3.8) is 0 Å². The van der Waals surface area contributed by atoms with Crippen LogP contribution < -0.4 is 5.73 Å². The van der Waals surface area contributed by atoms with Crippen molar-refractivity contribution in [3.05, 3.63) is 29.6 Å². The zero-order valence-electron chi connectivity index (χ0n) is 10.0. The van der Waals surface area contributed by atoms with E-state index < -0.39 is 11.8 Å². The lowest BCUT2D eigenvalue weighted by atomic mass is 10.2. The normalized spacial score (nSPS) is 10.2. The van der Waals surface area contributed by atoms with Gasteiger partial charge in [0.25, 0.3) is 0 Å². The van der Waals surface area contributed by atoms with Crippen LogP contribution in [0.5, 0.6) is 0 Å². The molecule has 0 unspecified atom stereocenters. The van der Waals surface area contributed by atoms with Gasteiger partial charge in [0.05, 0.1) is 17.9 Å². The Hall–Kier alpha value is -1.58. The first kappa shape index (κ1) is 13.5. The molecule has 1 rings (SSSR count). The predicted octanol–water partition coefficient (Wildman–Crippen LogP) is 3.15. The number of rotatable bonds is 6. The molecule has 0 heterocycles. The van der Waals surface area contributed by atoms with Gasteiger partial charge in [0.1, 0.15) is 5.82 Å². The number of halogens is 1. The van der Waals surface area contributed by atoms with Crippen molar-refractivity contribution in [2.24, 2.45) is 0 Å². The molecule has 4 heteroatoms. The third-order valence-electron chi connectivity index (χ3n) is 2.50. The Morgan fingerprint density at radius 3 is 2.82 bits per heavy atom. The highest BCUT2D eigenvalue weighted by molar-refractivity contribution is 5.95. The van der Waals surface area contributed by atoms with E-state index in [4.69, 9.17) is 10.5 Å². The van der Waals surface area contributed by atoms with Gasteiger partial charge in [-0.15, -0.1) is 0 Å². The van der Waals surface area contributed by atoms with Gasteiger partial charge < -0.3 is 10.5 Å². The van der Waals surface area contributed by atoms with Crippen molar-refractivity contribution in [1.29, 1.82) is 0 Å². The van der Waals surface area contributed by atoms with Crippen molar-refractivity contribution >= 4 is 11.7 Å². The molecule has 0 aliphatic rings. The molecule has 0 fully saturated rings. The minimum atomic E-state index is -0.592. The molecule has 1 aromatic rings. The maximum atomic E-state index is 13.1. The molecule has 0 spiro atoms. The fourth-order valence-electron chi connectivity index (χ4n) is 1.49. The van der Waals surface area contributed by atoms with E-state index in [-0.39, 0.29) is 11.3 Å². The summed E-state index contributed by atoms with van der Waals surface area (Å²) in [5.41, 5.74) is 5.41. The van der Waals surface area contributed by atoms with Crippen LogP contribution in [0.1, 0.15) is 43.0 Å². The molecular weight excluding hydrogens is 221 g/mol. The van der Waals surface area contributed by atoms with Gasteiger partial charge in [0.15, 0.2) is 0 Å². The number of unbranched alkanes of at least 4 members (excludes halogenated alkanes) is 3. The van der Waals surface area contributed by atoms with E-state index in [1.54, 1.807) is 0 Å². The summed E-state index contributed by atoms with van der Waals surface area (Å²) in [4.78, 5) is 11.6. The van der Waals surface area contributed by atoms with Crippen LogP contribution in [0, 0.1) is 5.82 Å². The van der Waals surface area contributed by atoms with Gasteiger partial charge in [0.2, 0.25) is 0 Å². The third-order valence-corrected chi connectivity index (χ3v) is 2.50. The third kappa shape index (κ3) is 4.06. The largest absolute Gasteiger partial charge is 0.462 e. The molecule has 0 saturated heterocycles. The lowest BCUT2D eigenvalue weighted by Gasteiger charge is -2.07. The molecule has 2 N–H and O–H groups in total. The van der Waals surface area contributed by atoms with Gasteiger partial charge in [-0.05, 0) is 18.6 Å². The van der Waals surface area contributed by atoms with Gasteiger partial charge in [-0.25, -0.2) is 9.18 Å². The van der Waals surface area contributed by atoms with Crippen LogP contribution in [0.3, 0.4) is 0 Å². The highest BCUT2D eigenvalue weighted by Gasteiger charge is 2.13. The molecule has 94 valence electrons. The first-order valence-electron chi connectivity index (χ1n) is 5.88. The fourth-order valence-corrected chi connectivity index (χ4v) is 1.49. The molecule has 0 aromatic heterocycles. The summed E-state index contributed by atoms with van der Waals surface area (Å²) in [6, 6.07) is 4.12. The number of carbonyl (C=O) groups is 1. The van der Waals surface area contributed by atoms with E-state index in [0.717, 1.165) is 25.7 Å². The van der Waals surface area contributed by atoms with Crippen molar-refractivity contribution in [2.45, 2.75) is 32.6 Å².